The van der Waals surface area contributed by atoms with Crippen molar-refractivity contribution in [3.63, 3.8) is 0 Å². The van der Waals surface area contributed by atoms with E-state index in [0.29, 0.717) is 38.5 Å². The number of furan rings is 1. The number of amides is 2. The van der Waals surface area contributed by atoms with Crippen molar-refractivity contribution in [3.8, 4) is 0 Å². The standard InChI is InChI=1S/C26H30N4O3/c1-18-7-8-21-20(16-18)19-4-2-5-22-25(19)30(21)14-13-29(22)24(31)17-27-9-11-28(12-10-27)26(32)23-6-3-15-33-23/h3,6-8,15-16,22H,2,4-5,9-14,17H2,1H3. The third kappa shape index (κ3) is 3.46. The molecule has 2 amide bonds. The summed E-state index contributed by atoms with van der Waals surface area (Å²) in [6, 6.07) is 10.4. The molecular formula is C26H30N4O3. The molecule has 0 N–H and O–H groups in total. The Labute approximate surface area is 193 Å². The Bertz CT molecular complexity index is 1200. The predicted molar refractivity (Wildman–Crippen MR) is 125 cm³/mol. The van der Waals surface area contributed by atoms with Crippen LogP contribution in [0.15, 0.2) is 41.0 Å². The van der Waals surface area contributed by atoms with Gasteiger partial charge in [0.05, 0.1) is 18.8 Å². The van der Waals surface area contributed by atoms with Crippen LogP contribution in [0.1, 0.15) is 46.3 Å². The van der Waals surface area contributed by atoms with E-state index in [1.54, 1.807) is 12.1 Å². The minimum atomic E-state index is -0.0696. The molecular weight excluding hydrogens is 416 g/mol. The SMILES string of the molecule is Cc1ccc2c(c1)c1c3n2CCN(C(=O)CN2CCN(C(=O)c4ccco4)CC2)C3CCC1. The van der Waals surface area contributed by atoms with Gasteiger partial charge in [-0.2, -0.15) is 0 Å². The van der Waals surface area contributed by atoms with Crippen LogP contribution < -0.4 is 0 Å². The van der Waals surface area contributed by atoms with Gasteiger partial charge in [0.1, 0.15) is 0 Å². The zero-order valence-corrected chi connectivity index (χ0v) is 19.1. The lowest BCUT2D eigenvalue weighted by Crippen LogP contribution is -2.53. The highest BCUT2D eigenvalue weighted by molar-refractivity contribution is 5.91. The van der Waals surface area contributed by atoms with Crippen LogP contribution in [-0.2, 0) is 17.8 Å². The number of aryl methyl sites for hydroxylation is 2. The maximum absolute atomic E-state index is 13.4. The Morgan fingerprint density at radius 2 is 1.91 bits per heavy atom. The Balaban J connectivity index is 1.15. The molecule has 1 atom stereocenters. The monoisotopic (exact) mass is 446 g/mol. The fourth-order valence-electron chi connectivity index (χ4n) is 5.96. The van der Waals surface area contributed by atoms with Crippen LogP contribution in [0.2, 0.25) is 0 Å². The van der Waals surface area contributed by atoms with Crippen molar-refractivity contribution in [2.24, 2.45) is 0 Å². The second-order valence-electron chi connectivity index (χ2n) is 9.58. The van der Waals surface area contributed by atoms with Gasteiger partial charge in [0.25, 0.3) is 5.91 Å². The molecule has 6 rings (SSSR count). The number of hydrogen-bond acceptors (Lipinski definition) is 4. The van der Waals surface area contributed by atoms with Crippen LogP contribution in [0.4, 0.5) is 0 Å². The molecule has 1 fully saturated rings. The van der Waals surface area contributed by atoms with E-state index < -0.39 is 0 Å². The summed E-state index contributed by atoms with van der Waals surface area (Å²) in [4.78, 5) is 32.1. The molecule has 1 saturated heterocycles. The maximum atomic E-state index is 13.4. The van der Waals surface area contributed by atoms with Crippen molar-refractivity contribution < 1.29 is 14.0 Å². The van der Waals surface area contributed by atoms with Gasteiger partial charge in [-0.15, -0.1) is 0 Å². The van der Waals surface area contributed by atoms with E-state index in [1.807, 2.05) is 4.90 Å². The van der Waals surface area contributed by atoms with Crippen LogP contribution in [-0.4, -0.2) is 70.3 Å². The molecule has 1 aliphatic carbocycles. The minimum absolute atomic E-state index is 0.0696. The summed E-state index contributed by atoms with van der Waals surface area (Å²) >= 11 is 0. The molecule has 3 aliphatic rings. The molecule has 1 unspecified atom stereocenters. The van der Waals surface area contributed by atoms with Gasteiger partial charge in [-0.3, -0.25) is 14.5 Å². The number of hydrogen-bond donors (Lipinski definition) is 0. The average molecular weight is 447 g/mol. The number of fused-ring (bicyclic) bond motifs is 3. The predicted octanol–water partition coefficient (Wildman–Crippen LogP) is 3.22. The van der Waals surface area contributed by atoms with Gasteiger partial charge >= 0.3 is 0 Å². The van der Waals surface area contributed by atoms with E-state index in [1.165, 1.54) is 34.0 Å². The summed E-state index contributed by atoms with van der Waals surface area (Å²) in [5.74, 6) is 0.526. The lowest BCUT2D eigenvalue weighted by Gasteiger charge is -2.41. The van der Waals surface area contributed by atoms with Crippen molar-refractivity contribution in [3.05, 3.63) is 59.2 Å². The highest BCUT2D eigenvalue weighted by Gasteiger charge is 2.37. The zero-order chi connectivity index (χ0) is 22.5. The van der Waals surface area contributed by atoms with E-state index in [4.69, 9.17) is 4.42 Å². The molecule has 3 aromatic rings. The zero-order valence-electron chi connectivity index (χ0n) is 19.1. The molecule has 4 heterocycles. The highest BCUT2D eigenvalue weighted by atomic mass is 16.3. The second kappa shape index (κ2) is 8.06. The number of carbonyl (C=O) groups is 2. The van der Waals surface area contributed by atoms with E-state index in [2.05, 4.69) is 39.5 Å². The first kappa shape index (κ1) is 20.5. The molecule has 0 saturated carbocycles. The quantitative estimate of drug-likeness (QED) is 0.620. The van der Waals surface area contributed by atoms with Crippen LogP contribution in [0.5, 0.6) is 0 Å². The van der Waals surface area contributed by atoms with Crippen LogP contribution in [0, 0.1) is 6.92 Å². The number of nitrogens with zero attached hydrogens (tertiary/aromatic N) is 4. The van der Waals surface area contributed by atoms with Crippen molar-refractivity contribution in [2.45, 2.75) is 38.8 Å². The van der Waals surface area contributed by atoms with E-state index >= 15 is 0 Å². The summed E-state index contributed by atoms with van der Waals surface area (Å²) in [5.41, 5.74) is 5.44. The van der Waals surface area contributed by atoms with Gasteiger partial charge in [-0.1, -0.05) is 11.6 Å². The number of carbonyl (C=O) groups excluding carboxylic acids is 2. The first-order valence-corrected chi connectivity index (χ1v) is 12.1. The lowest BCUT2D eigenvalue weighted by molar-refractivity contribution is -0.136. The second-order valence-corrected chi connectivity index (χ2v) is 9.58. The summed E-state index contributed by atoms with van der Waals surface area (Å²) in [6.45, 7) is 6.87. The fraction of sp³-hybridized carbons (Fsp3) is 0.462. The molecule has 33 heavy (non-hydrogen) atoms. The van der Waals surface area contributed by atoms with E-state index in [9.17, 15) is 9.59 Å². The normalized spacial score (nSPS) is 20.8. The van der Waals surface area contributed by atoms with Crippen LogP contribution >= 0.6 is 0 Å². The van der Waals surface area contributed by atoms with Gasteiger partial charge in [-0.05, 0) is 56.0 Å². The Kier molecular flexibility index (Phi) is 5.02. The van der Waals surface area contributed by atoms with Crippen LogP contribution in [0.3, 0.4) is 0 Å². The fourth-order valence-corrected chi connectivity index (χ4v) is 5.96. The molecule has 2 aliphatic heterocycles. The topological polar surface area (TPSA) is 61.9 Å². The molecule has 0 bridgehead atoms. The van der Waals surface area contributed by atoms with Crippen molar-refractivity contribution in [1.82, 2.24) is 19.3 Å². The summed E-state index contributed by atoms with van der Waals surface area (Å²) in [6.07, 6.45) is 4.80. The molecule has 0 radical (unpaired) electrons. The number of benzene rings is 1. The maximum Gasteiger partial charge on any atom is 0.289 e. The highest BCUT2D eigenvalue weighted by Crippen LogP contribution is 2.42. The van der Waals surface area contributed by atoms with Gasteiger partial charge in [0.2, 0.25) is 5.91 Å². The lowest BCUT2D eigenvalue weighted by atomic mass is 9.89. The molecule has 0 spiro atoms. The van der Waals surface area contributed by atoms with Crippen molar-refractivity contribution >= 4 is 22.7 Å². The third-order valence-corrected chi connectivity index (χ3v) is 7.60. The molecule has 7 heteroatoms. The Morgan fingerprint density at radius 3 is 2.70 bits per heavy atom. The van der Waals surface area contributed by atoms with Gasteiger partial charge in [0, 0.05) is 55.9 Å². The minimum Gasteiger partial charge on any atom is -0.459 e. The third-order valence-electron chi connectivity index (χ3n) is 7.60. The largest absolute Gasteiger partial charge is 0.459 e. The number of piperazine rings is 1. The molecule has 7 nitrogen and oxygen atoms in total. The molecule has 172 valence electrons. The van der Waals surface area contributed by atoms with Crippen molar-refractivity contribution in [2.75, 3.05) is 39.3 Å². The summed E-state index contributed by atoms with van der Waals surface area (Å²) in [5, 5.41) is 1.38. The first-order chi connectivity index (χ1) is 16.1. The van der Waals surface area contributed by atoms with Crippen molar-refractivity contribution in [1.29, 1.82) is 0 Å². The number of aromatic nitrogens is 1. The van der Waals surface area contributed by atoms with Crippen LogP contribution in [0.25, 0.3) is 10.9 Å². The summed E-state index contributed by atoms with van der Waals surface area (Å²) < 4.78 is 7.72. The number of rotatable bonds is 3. The Morgan fingerprint density at radius 1 is 1.06 bits per heavy atom. The van der Waals surface area contributed by atoms with E-state index in [0.717, 1.165) is 32.4 Å². The smallest absolute Gasteiger partial charge is 0.289 e. The van der Waals surface area contributed by atoms with E-state index in [-0.39, 0.29) is 17.9 Å². The Hall–Kier alpha value is -3.06. The first-order valence-electron chi connectivity index (χ1n) is 12.1. The van der Waals surface area contributed by atoms with Gasteiger partial charge in [-0.25, -0.2) is 0 Å². The summed E-state index contributed by atoms with van der Waals surface area (Å²) in [7, 11) is 0. The van der Waals surface area contributed by atoms with Gasteiger partial charge < -0.3 is 18.8 Å². The molecule has 1 aromatic carbocycles. The van der Waals surface area contributed by atoms with Gasteiger partial charge in [0.15, 0.2) is 5.76 Å². The average Bonchev–Trinajstić information content (AvgIpc) is 3.48. The molecule has 2 aromatic heterocycles.